The maximum atomic E-state index is 5.30. The third kappa shape index (κ3) is 4.58. The lowest BCUT2D eigenvalue weighted by molar-refractivity contribution is 0.112. The minimum Gasteiger partial charge on any atom is -0.383 e. The first-order valence-corrected chi connectivity index (χ1v) is 7.87. The first kappa shape index (κ1) is 15.5. The average molecular weight is 276 g/mol. The maximum Gasteiger partial charge on any atom is 0.0590 e. The second-order valence-electron chi connectivity index (χ2n) is 5.59. The summed E-state index contributed by atoms with van der Waals surface area (Å²) in [6, 6.07) is 12.1. The summed E-state index contributed by atoms with van der Waals surface area (Å²) >= 11 is 0. The number of ether oxygens (including phenoxy) is 1. The molecule has 3 nitrogen and oxygen atoms in total. The van der Waals surface area contributed by atoms with Crippen LogP contribution in [0.3, 0.4) is 0 Å². The van der Waals surface area contributed by atoms with Crippen molar-refractivity contribution in [1.29, 1.82) is 0 Å². The van der Waals surface area contributed by atoms with Crippen molar-refractivity contribution in [2.75, 3.05) is 33.4 Å². The molecule has 0 spiro atoms. The second kappa shape index (κ2) is 8.40. The molecule has 1 N–H and O–H groups in total. The number of hydrogen-bond acceptors (Lipinski definition) is 3. The average Bonchev–Trinajstić information content (AvgIpc) is 3.31. The van der Waals surface area contributed by atoms with E-state index >= 15 is 0 Å². The Hall–Kier alpha value is -0.900. The number of methoxy groups -OCH3 is 1. The van der Waals surface area contributed by atoms with Gasteiger partial charge in [0.2, 0.25) is 0 Å². The molecule has 2 rings (SSSR count). The van der Waals surface area contributed by atoms with Crippen molar-refractivity contribution in [3.63, 3.8) is 0 Å². The fourth-order valence-corrected chi connectivity index (χ4v) is 2.71. The highest BCUT2D eigenvalue weighted by atomic mass is 16.5. The largest absolute Gasteiger partial charge is 0.383 e. The number of nitrogens with one attached hydrogen (secondary N) is 1. The van der Waals surface area contributed by atoms with Crippen LogP contribution in [0.4, 0.5) is 0 Å². The van der Waals surface area contributed by atoms with Crippen molar-refractivity contribution in [1.82, 2.24) is 10.2 Å². The molecule has 20 heavy (non-hydrogen) atoms. The van der Waals surface area contributed by atoms with E-state index in [1.54, 1.807) is 7.11 Å². The van der Waals surface area contributed by atoms with Crippen molar-refractivity contribution in [3.05, 3.63) is 35.9 Å². The van der Waals surface area contributed by atoms with Crippen LogP contribution < -0.4 is 5.32 Å². The molecule has 1 aliphatic rings. The Kier molecular flexibility index (Phi) is 6.51. The first-order valence-electron chi connectivity index (χ1n) is 7.87. The molecule has 0 aliphatic heterocycles. The van der Waals surface area contributed by atoms with Gasteiger partial charge in [-0.15, -0.1) is 0 Å². The molecule has 1 atom stereocenters. The Morgan fingerprint density at radius 1 is 1.30 bits per heavy atom. The van der Waals surface area contributed by atoms with Gasteiger partial charge in [-0.25, -0.2) is 0 Å². The van der Waals surface area contributed by atoms with Gasteiger partial charge < -0.3 is 10.1 Å². The number of hydrogen-bond donors (Lipinski definition) is 1. The molecule has 0 bridgehead atoms. The van der Waals surface area contributed by atoms with Crippen LogP contribution in [0.15, 0.2) is 30.3 Å². The van der Waals surface area contributed by atoms with Gasteiger partial charge in [0, 0.05) is 32.3 Å². The van der Waals surface area contributed by atoms with Crippen LogP contribution in [-0.2, 0) is 4.74 Å². The summed E-state index contributed by atoms with van der Waals surface area (Å²) in [5, 5.41) is 3.59. The molecule has 1 saturated carbocycles. The van der Waals surface area contributed by atoms with Gasteiger partial charge in [0.05, 0.1) is 6.61 Å². The summed E-state index contributed by atoms with van der Waals surface area (Å²) in [5.41, 5.74) is 1.42. The smallest absolute Gasteiger partial charge is 0.0590 e. The molecule has 0 radical (unpaired) electrons. The van der Waals surface area contributed by atoms with E-state index in [4.69, 9.17) is 4.74 Å². The lowest BCUT2D eigenvalue weighted by atomic mass is 10.0. The third-order valence-corrected chi connectivity index (χ3v) is 3.92. The molecule has 112 valence electrons. The van der Waals surface area contributed by atoms with Crippen molar-refractivity contribution >= 4 is 0 Å². The molecular formula is C17H28N2O. The highest BCUT2D eigenvalue weighted by molar-refractivity contribution is 5.20. The van der Waals surface area contributed by atoms with Crippen molar-refractivity contribution in [2.24, 2.45) is 0 Å². The number of nitrogens with zero attached hydrogens (tertiary/aromatic N) is 1. The van der Waals surface area contributed by atoms with E-state index in [2.05, 4.69) is 47.5 Å². The molecule has 0 amide bonds. The van der Waals surface area contributed by atoms with Crippen molar-refractivity contribution in [2.45, 2.75) is 38.3 Å². The summed E-state index contributed by atoms with van der Waals surface area (Å²) in [5.74, 6) is 0. The summed E-state index contributed by atoms with van der Waals surface area (Å²) < 4.78 is 5.30. The molecule has 0 heterocycles. The van der Waals surface area contributed by atoms with E-state index in [9.17, 15) is 0 Å². The predicted octanol–water partition coefficient (Wildman–Crippen LogP) is 2.84. The van der Waals surface area contributed by atoms with Crippen LogP contribution in [-0.4, -0.2) is 44.3 Å². The Labute approximate surface area is 123 Å². The van der Waals surface area contributed by atoms with Crippen LogP contribution >= 0.6 is 0 Å². The SMILES string of the molecule is CCCNCC(c1ccccc1)N(CCOC)C1CC1. The quantitative estimate of drug-likeness (QED) is 0.665. The van der Waals surface area contributed by atoms with E-state index < -0.39 is 0 Å². The third-order valence-electron chi connectivity index (χ3n) is 3.92. The fourth-order valence-electron chi connectivity index (χ4n) is 2.71. The van der Waals surface area contributed by atoms with Crippen LogP contribution in [0.1, 0.15) is 37.8 Å². The predicted molar refractivity (Wildman–Crippen MR) is 83.9 cm³/mol. The maximum absolute atomic E-state index is 5.30. The lowest BCUT2D eigenvalue weighted by Gasteiger charge is -2.32. The van der Waals surface area contributed by atoms with Gasteiger partial charge >= 0.3 is 0 Å². The monoisotopic (exact) mass is 276 g/mol. The molecule has 1 aliphatic carbocycles. The van der Waals surface area contributed by atoms with E-state index in [0.717, 1.165) is 32.3 Å². The lowest BCUT2D eigenvalue weighted by Crippen LogP contribution is -2.39. The highest BCUT2D eigenvalue weighted by Gasteiger charge is 2.34. The zero-order valence-corrected chi connectivity index (χ0v) is 12.8. The van der Waals surface area contributed by atoms with Crippen molar-refractivity contribution in [3.8, 4) is 0 Å². The minimum absolute atomic E-state index is 0.463. The number of rotatable bonds is 10. The molecule has 3 heteroatoms. The Bertz CT molecular complexity index is 365. The zero-order chi connectivity index (χ0) is 14.2. The molecule has 1 aromatic rings. The molecule has 0 saturated heterocycles. The van der Waals surface area contributed by atoms with Crippen LogP contribution in [0.5, 0.6) is 0 Å². The Morgan fingerprint density at radius 2 is 2.05 bits per heavy atom. The van der Waals surface area contributed by atoms with E-state index in [-0.39, 0.29) is 0 Å². The Balaban J connectivity index is 2.06. The first-order chi connectivity index (χ1) is 9.86. The van der Waals surface area contributed by atoms with Crippen LogP contribution in [0.2, 0.25) is 0 Å². The standard InChI is InChI=1S/C17H28N2O/c1-3-11-18-14-17(15-7-5-4-6-8-15)19(12-13-20-2)16-9-10-16/h4-8,16-18H,3,9-14H2,1-2H3. The summed E-state index contributed by atoms with van der Waals surface area (Å²) in [6.07, 6.45) is 3.85. The molecule has 1 fully saturated rings. The Morgan fingerprint density at radius 3 is 2.65 bits per heavy atom. The summed E-state index contributed by atoms with van der Waals surface area (Å²) in [6.45, 7) is 6.17. The van der Waals surface area contributed by atoms with Gasteiger partial charge in [-0.1, -0.05) is 37.3 Å². The second-order valence-corrected chi connectivity index (χ2v) is 5.59. The van der Waals surface area contributed by atoms with Gasteiger partial charge in [0.1, 0.15) is 0 Å². The fraction of sp³-hybridized carbons (Fsp3) is 0.647. The van der Waals surface area contributed by atoms with Crippen molar-refractivity contribution < 1.29 is 4.74 Å². The van der Waals surface area contributed by atoms with Gasteiger partial charge in [0.15, 0.2) is 0 Å². The van der Waals surface area contributed by atoms with Gasteiger partial charge in [0.25, 0.3) is 0 Å². The highest BCUT2D eigenvalue weighted by Crippen LogP contribution is 2.33. The van der Waals surface area contributed by atoms with Gasteiger partial charge in [-0.2, -0.15) is 0 Å². The van der Waals surface area contributed by atoms with E-state index in [1.807, 2.05) is 0 Å². The topological polar surface area (TPSA) is 24.5 Å². The van der Waals surface area contributed by atoms with E-state index in [1.165, 1.54) is 24.8 Å². The normalized spacial score (nSPS) is 16.6. The molecule has 0 aromatic heterocycles. The van der Waals surface area contributed by atoms with Gasteiger partial charge in [-0.3, -0.25) is 4.90 Å². The van der Waals surface area contributed by atoms with Crippen LogP contribution in [0, 0.1) is 0 Å². The van der Waals surface area contributed by atoms with Gasteiger partial charge in [-0.05, 0) is 31.4 Å². The summed E-state index contributed by atoms with van der Waals surface area (Å²) in [7, 11) is 1.79. The minimum atomic E-state index is 0.463. The zero-order valence-electron chi connectivity index (χ0n) is 12.8. The summed E-state index contributed by atoms with van der Waals surface area (Å²) in [4.78, 5) is 2.63. The van der Waals surface area contributed by atoms with E-state index in [0.29, 0.717) is 6.04 Å². The molecular weight excluding hydrogens is 248 g/mol. The molecule has 1 unspecified atom stereocenters. The number of benzene rings is 1. The molecule has 1 aromatic carbocycles. The van der Waals surface area contributed by atoms with Crippen LogP contribution in [0.25, 0.3) is 0 Å².